The lowest BCUT2D eigenvalue weighted by Gasteiger charge is -2.29. The second kappa shape index (κ2) is 9.45. The zero-order chi connectivity index (χ0) is 22.0. The smallest absolute Gasteiger partial charge is 0.303 e. The van der Waals surface area contributed by atoms with Crippen LogP contribution in [0.3, 0.4) is 0 Å². The van der Waals surface area contributed by atoms with E-state index in [1.54, 1.807) is 6.08 Å². The summed E-state index contributed by atoms with van der Waals surface area (Å²) in [5, 5.41) is 30.0. The third-order valence-corrected chi connectivity index (χ3v) is 6.83. The number of aliphatic hydroxyl groups is 2. The van der Waals surface area contributed by atoms with Gasteiger partial charge in [0.2, 0.25) is 0 Å². The summed E-state index contributed by atoms with van der Waals surface area (Å²) in [6, 6.07) is 5.74. The van der Waals surface area contributed by atoms with Crippen LogP contribution in [0.15, 0.2) is 42.0 Å². The third kappa shape index (κ3) is 5.13. The van der Waals surface area contributed by atoms with E-state index in [1.165, 1.54) is 5.57 Å². The monoisotopic (exact) mass is 428 g/mol. The van der Waals surface area contributed by atoms with E-state index in [0.29, 0.717) is 29.8 Å². The minimum absolute atomic E-state index is 0.0176. The maximum atomic E-state index is 10.7. The number of ether oxygens (including phenoxy) is 2. The molecule has 1 aliphatic heterocycles. The van der Waals surface area contributed by atoms with Crippen molar-refractivity contribution in [2.45, 2.75) is 63.8 Å². The molecule has 1 aromatic rings. The number of carboxylic acids is 1. The maximum Gasteiger partial charge on any atom is 0.303 e. The first-order chi connectivity index (χ1) is 14.9. The fourth-order valence-corrected chi connectivity index (χ4v) is 5.23. The van der Waals surface area contributed by atoms with Gasteiger partial charge in [-0.25, -0.2) is 0 Å². The predicted octanol–water partition coefficient (Wildman–Crippen LogP) is 3.64. The number of carbonyl (C=O) groups is 1. The topological polar surface area (TPSA) is 96.2 Å². The highest BCUT2D eigenvalue weighted by molar-refractivity contribution is 5.66. The zero-order valence-corrected chi connectivity index (χ0v) is 17.9. The molecule has 2 saturated carbocycles. The van der Waals surface area contributed by atoms with Crippen LogP contribution in [0, 0.1) is 24.7 Å². The van der Waals surface area contributed by atoms with E-state index in [1.807, 2.05) is 31.2 Å². The van der Waals surface area contributed by atoms with Crippen LogP contribution in [-0.4, -0.2) is 46.2 Å². The van der Waals surface area contributed by atoms with Crippen molar-refractivity contribution in [1.29, 1.82) is 0 Å². The number of hydrogen-bond donors (Lipinski definition) is 3. The highest BCUT2D eigenvalue weighted by atomic mass is 16.6. The lowest BCUT2D eigenvalue weighted by molar-refractivity contribution is -0.137. The number of fused-ring (bicyclic) bond motifs is 2. The van der Waals surface area contributed by atoms with Crippen LogP contribution in [0.25, 0.3) is 0 Å². The molecule has 3 unspecified atom stereocenters. The highest BCUT2D eigenvalue weighted by Gasteiger charge is 2.45. The van der Waals surface area contributed by atoms with E-state index in [2.05, 4.69) is 6.08 Å². The van der Waals surface area contributed by atoms with E-state index in [0.717, 1.165) is 31.2 Å². The van der Waals surface area contributed by atoms with Crippen LogP contribution in [0.1, 0.15) is 44.1 Å². The second-order valence-electron chi connectivity index (χ2n) is 9.15. The van der Waals surface area contributed by atoms with Crippen LogP contribution < -0.4 is 9.47 Å². The Labute approximate surface area is 183 Å². The summed E-state index contributed by atoms with van der Waals surface area (Å²) < 4.78 is 11.7. The van der Waals surface area contributed by atoms with E-state index in [9.17, 15) is 15.0 Å². The van der Waals surface area contributed by atoms with Gasteiger partial charge in [-0.2, -0.15) is 0 Å². The molecular formula is C25H32O6. The summed E-state index contributed by atoms with van der Waals surface area (Å²) in [4.78, 5) is 10.7. The Morgan fingerprint density at radius 1 is 1.29 bits per heavy atom. The highest BCUT2D eigenvalue weighted by Crippen LogP contribution is 2.50. The van der Waals surface area contributed by atoms with Gasteiger partial charge in [0.05, 0.1) is 6.10 Å². The summed E-state index contributed by atoms with van der Waals surface area (Å²) in [6.07, 6.45) is 8.58. The molecule has 0 amide bonds. The Bertz CT molecular complexity index is 860. The van der Waals surface area contributed by atoms with Gasteiger partial charge >= 0.3 is 5.97 Å². The number of benzene rings is 1. The molecule has 4 rings (SSSR count). The molecule has 1 aromatic carbocycles. The lowest BCUT2D eigenvalue weighted by Crippen LogP contribution is -2.38. The van der Waals surface area contributed by atoms with Crippen LogP contribution in [0.5, 0.6) is 11.5 Å². The van der Waals surface area contributed by atoms with Gasteiger partial charge in [-0.15, -0.1) is 0 Å². The summed E-state index contributed by atoms with van der Waals surface area (Å²) in [5.74, 6) is 1.44. The van der Waals surface area contributed by atoms with Crippen molar-refractivity contribution in [1.82, 2.24) is 0 Å². The number of aryl methyl sites for hydroxylation is 1. The van der Waals surface area contributed by atoms with Crippen molar-refractivity contribution < 1.29 is 29.6 Å². The number of carboxylic acid groups (broad SMARTS) is 1. The van der Waals surface area contributed by atoms with Gasteiger partial charge in [0, 0.05) is 12.3 Å². The first-order valence-electron chi connectivity index (χ1n) is 11.2. The van der Waals surface area contributed by atoms with Gasteiger partial charge in [-0.1, -0.05) is 29.9 Å². The number of unbranched alkanes of at least 4 members (excludes halogenated alkanes) is 1. The molecule has 0 aromatic heterocycles. The fraction of sp³-hybridized carbons (Fsp3) is 0.560. The quantitative estimate of drug-likeness (QED) is 0.453. The molecule has 2 aliphatic carbocycles. The minimum Gasteiger partial charge on any atom is -0.486 e. The summed E-state index contributed by atoms with van der Waals surface area (Å²) >= 11 is 0. The van der Waals surface area contributed by atoms with E-state index < -0.39 is 18.2 Å². The molecule has 0 spiro atoms. The molecule has 3 aliphatic rings. The first-order valence-corrected chi connectivity index (χ1v) is 11.2. The van der Waals surface area contributed by atoms with E-state index >= 15 is 0 Å². The number of aliphatic carboxylic acids is 1. The molecule has 2 fully saturated rings. The van der Waals surface area contributed by atoms with Crippen molar-refractivity contribution in [3.63, 3.8) is 0 Å². The second-order valence-corrected chi connectivity index (χ2v) is 9.15. The summed E-state index contributed by atoms with van der Waals surface area (Å²) in [7, 11) is 0. The Hall–Kier alpha value is -2.31. The average molecular weight is 429 g/mol. The average Bonchev–Trinajstić information content (AvgIpc) is 3.25. The van der Waals surface area contributed by atoms with Gasteiger partial charge in [-0.3, -0.25) is 4.79 Å². The summed E-state index contributed by atoms with van der Waals surface area (Å²) in [6.45, 7) is 2.28. The largest absolute Gasteiger partial charge is 0.486 e. The zero-order valence-electron chi connectivity index (χ0n) is 17.9. The molecule has 0 bridgehead atoms. The predicted molar refractivity (Wildman–Crippen MR) is 116 cm³/mol. The van der Waals surface area contributed by atoms with Crippen LogP contribution in [0.4, 0.5) is 0 Å². The normalized spacial score (nSPS) is 31.8. The van der Waals surface area contributed by atoms with Gasteiger partial charge < -0.3 is 24.8 Å². The Kier molecular flexibility index (Phi) is 6.68. The van der Waals surface area contributed by atoms with Crippen molar-refractivity contribution >= 4 is 5.97 Å². The van der Waals surface area contributed by atoms with Crippen molar-refractivity contribution in [2.75, 3.05) is 6.61 Å². The van der Waals surface area contributed by atoms with Crippen LogP contribution >= 0.6 is 0 Å². The molecule has 31 heavy (non-hydrogen) atoms. The molecule has 0 radical (unpaired) electrons. The van der Waals surface area contributed by atoms with Crippen molar-refractivity contribution in [3.05, 3.63) is 47.6 Å². The third-order valence-electron chi connectivity index (χ3n) is 6.83. The molecular weight excluding hydrogens is 396 g/mol. The van der Waals surface area contributed by atoms with Crippen molar-refractivity contribution in [2.24, 2.45) is 17.8 Å². The first kappa shape index (κ1) is 21.9. The van der Waals surface area contributed by atoms with Gasteiger partial charge in [0.25, 0.3) is 0 Å². The van der Waals surface area contributed by atoms with Gasteiger partial charge in [0.1, 0.15) is 12.7 Å². The Morgan fingerprint density at radius 3 is 2.94 bits per heavy atom. The number of allylic oxidation sites excluding steroid dienone is 2. The number of hydrogen-bond acceptors (Lipinski definition) is 5. The lowest BCUT2D eigenvalue weighted by atomic mass is 9.90. The Balaban J connectivity index is 1.33. The molecule has 168 valence electrons. The molecule has 6 atom stereocenters. The van der Waals surface area contributed by atoms with Gasteiger partial charge in [0.15, 0.2) is 17.6 Å². The van der Waals surface area contributed by atoms with Crippen molar-refractivity contribution in [3.8, 4) is 11.5 Å². The molecule has 3 N–H and O–H groups in total. The molecule has 0 saturated heterocycles. The summed E-state index contributed by atoms with van der Waals surface area (Å²) in [5.41, 5.74) is 2.47. The van der Waals surface area contributed by atoms with Crippen LogP contribution in [0.2, 0.25) is 0 Å². The van der Waals surface area contributed by atoms with Gasteiger partial charge in [-0.05, 0) is 68.6 Å². The molecule has 6 nitrogen and oxygen atoms in total. The minimum atomic E-state index is -0.812. The number of rotatable bonds is 7. The Morgan fingerprint density at radius 2 is 2.13 bits per heavy atom. The van der Waals surface area contributed by atoms with E-state index in [-0.39, 0.29) is 25.0 Å². The maximum absolute atomic E-state index is 10.7. The SMILES string of the molecule is Cc1ccc2c(c1)OCC([C@H](O)/C=C/[C@@H]1C3C/C(=C/CCCC(=O)O)CC3C[C@H]1O)O2. The van der Waals surface area contributed by atoms with E-state index in [4.69, 9.17) is 14.6 Å². The fourth-order valence-electron chi connectivity index (χ4n) is 5.23. The molecule has 1 heterocycles. The van der Waals surface area contributed by atoms with Crippen LogP contribution in [-0.2, 0) is 4.79 Å². The number of aliphatic hydroxyl groups excluding tert-OH is 2. The molecule has 6 heteroatoms. The standard InChI is InChI=1S/C25H32O6/c1-15-6-9-22-23(10-15)30-14-24(31-22)20(26)8-7-18-19-12-16(4-2-3-5-25(28)29)11-17(19)13-21(18)27/h4,6-10,17-21,24,26-27H,2-3,5,11-14H2,1H3,(H,28,29)/b8-7+,16-4+/t17?,18-,19?,20-,21-,24?/m1/s1.